The predicted molar refractivity (Wildman–Crippen MR) is 227 cm³/mol. The van der Waals surface area contributed by atoms with Gasteiger partial charge in [-0.3, -0.25) is 24.0 Å². The number of ether oxygens (including phenoxy) is 4. The second-order valence-corrected chi connectivity index (χ2v) is 16.3. The van der Waals surface area contributed by atoms with Gasteiger partial charge < -0.3 is 29.0 Å². The summed E-state index contributed by atoms with van der Waals surface area (Å²) in [5.74, 6) is -1.15. The quantitative estimate of drug-likeness (QED) is 0.0357. The van der Waals surface area contributed by atoms with Crippen molar-refractivity contribution in [3.63, 3.8) is 0 Å². The maximum absolute atomic E-state index is 12.5. The lowest BCUT2D eigenvalue weighted by Crippen LogP contribution is -2.26. The van der Waals surface area contributed by atoms with Crippen LogP contribution in [0.5, 0.6) is 0 Å². The third-order valence-electron chi connectivity index (χ3n) is 10.3. The Hall–Kier alpha value is -2.69. The topological polar surface area (TPSA) is 146 Å². The van der Waals surface area contributed by atoms with E-state index < -0.39 is 12.1 Å². The highest BCUT2D eigenvalue weighted by molar-refractivity contribution is 5.71. The van der Waals surface area contributed by atoms with Crippen LogP contribution in [0.1, 0.15) is 213 Å². The van der Waals surface area contributed by atoms with Crippen molar-refractivity contribution in [2.75, 3.05) is 40.5 Å². The molecule has 0 aliphatic carbocycles. The van der Waals surface area contributed by atoms with Crippen molar-refractivity contribution in [3.05, 3.63) is 0 Å². The first-order chi connectivity index (χ1) is 27.6. The van der Waals surface area contributed by atoms with Gasteiger partial charge in [0.2, 0.25) is 0 Å². The van der Waals surface area contributed by atoms with Crippen LogP contribution in [0.3, 0.4) is 0 Å². The lowest BCUT2D eigenvalue weighted by atomic mass is 9.96. The Balaban J connectivity index is 4.23. The molecule has 0 aromatic carbocycles. The van der Waals surface area contributed by atoms with Crippen molar-refractivity contribution in [1.82, 2.24) is 4.90 Å². The smallest absolute Gasteiger partial charge is 0.306 e. The second kappa shape index (κ2) is 40.1. The molecule has 0 aromatic rings. The number of aliphatic carboxylic acids is 1. The van der Waals surface area contributed by atoms with Crippen molar-refractivity contribution in [3.8, 4) is 0 Å². The molecular formula is C46H85NO10. The van der Waals surface area contributed by atoms with E-state index >= 15 is 0 Å². The average molecular weight is 812 g/mol. The average Bonchev–Trinajstić information content (AvgIpc) is 3.17. The highest BCUT2D eigenvalue weighted by atomic mass is 16.6. The zero-order valence-corrected chi connectivity index (χ0v) is 37.0. The van der Waals surface area contributed by atoms with Crippen molar-refractivity contribution in [1.29, 1.82) is 0 Å². The first kappa shape index (κ1) is 54.3. The van der Waals surface area contributed by atoms with E-state index in [-0.39, 0.29) is 43.3 Å². The first-order valence-corrected chi connectivity index (χ1v) is 23.1. The molecule has 0 spiro atoms. The molecule has 334 valence electrons. The summed E-state index contributed by atoms with van der Waals surface area (Å²) < 4.78 is 22.3. The fourth-order valence-electron chi connectivity index (χ4n) is 6.75. The number of hydrogen-bond acceptors (Lipinski definition) is 10. The van der Waals surface area contributed by atoms with Gasteiger partial charge in [0, 0.05) is 32.1 Å². The van der Waals surface area contributed by atoms with Gasteiger partial charge in [0.15, 0.2) is 0 Å². The monoisotopic (exact) mass is 812 g/mol. The molecule has 11 heteroatoms. The van der Waals surface area contributed by atoms with E-state index in [1.807, 2.05) is 19.0 Å². The highest BCUT2D eigenvalue weighted by Gasteiger charge is 2.18. The molecule has 0 aliphatic rings. The van der Waals surface area contributed by atoms with Crippen LogP contribution in [0.4, 0.5) is 0 Å². The maximum atomic E-state index is 12.5. The van der Waals surface area contributed by atoms with Crippen molar-refractivity contribution in [2.24, 2.45) is 5.92 Å². The third kappa shape index (κ3) is 39.9. The Labute approximate surface area is 347 Å². The molecule has 2 atom stereocenters. The Morgan fingerprint density at radius 2 is 0.895 bits per heavy atom. The predicted octanol–water partition coefficient (Wildman–Crippen LogP) is 10.9. The summed E-state index contributed by atoms with van der Waals surface area (Å²) in [6.45, 7) is 6.27. The van der Waals surface area contributed by atoms with E-state index in [9.17, 15) is 24.0 Å². The van der Waals surface area contributed by atoms with Crippen molar-refractivity contribution >= 4 is 29.8 Å². The molecule has 0 bridgehead atoms. The molecule has 0 aliphatic heterocycles. The SMILES string of the molecule is CCCCCCC(CCCC)COC(=O)CCCCCC(=O)OCC(CCCCCCCCCCOC(=O)CCCCCCCC(=O)O)OC(=O)CCCN(C)C. The van der Waals surface area contributed by atoms with E-state index in [1.54, 1.807) is 0 Å². The minimum absolute atomic E-state index is 0.0708. The van der Waals surface area contributed by atoms with Gasteiger partial charge in [0.25, 0.3) is 0 Å². The normalized spacial score (nSPS) is 12.3. The van der Waals surface area contributed by atoms with E-state index in [2.05, 4.69) is 13.8 Å². The molecule has 0 heterocycles. The summed E-state index contributed by atoms with van der Waals surface area (Å²) >= 11 is 0. The summed E-state index contributed by atoms with van der Waals surface area (Å²) in [7, 11) is 3.94. The molecule has 0 fully saturated rings. The van der Waals surface area contributed by atoms with Gasteiger partial charge in [0.1, 0.15) is 12.7 Å². The Morgan fingerprint density at radius 1 is 0.456 bits per heavy atom. The largest absolute Gasteiger partial charge is 0.481 e. The molecule has 0 radical (unpaired) electrons. The first-order valence-electron chi connectivity index (χ1n) is 23.1. The van der Waals surface area contributed by atoms with Gasteiger partial charge in [-0.15, -0.1) is 0 Å². The number of carbonyl (C=O) groups is 5. The van der Waals surface area contributed by atoms with Crippen LogP contribution in [0.25, 0.3) is 0 Å². The molecule has 11 nitrogen and oxygen atoms in total. The highest BCUT2D eigenvalue weighted by Crippen LogP contribution is 2.19. The molecule has 0 aromatic heterocycles. The van der Waals surface area contributed by atoms with Gasteiger partial charge in [-0.25, -0.2) is 0 Å². The lowest BCUT2D eigenvalue weighted by molar-refractivity contribution is -0.159. The van der Waals surface area contributed by atoms with Gasteiger partial charge in [-0.2, -0.15) is 0 Å². The zero-order valence-electron chi connectivity index (χ0n) is 37.0. The summed E-state index contributed by atoms with van der Waals surface area (Å²) in [4.78, 5) is 61.9. The summed E-state index contributed by atoms with van der Waals surface area (Å²) in [6.07, 6.45) is 26.6. The number of hydrogen-bond donors (Lipinski definition) is 1. The fraction of sp³-hybridized carbons (Fsp3) is 0.891. The molecule has 2 unspecified atom stereocenters. The number of carboxylic acid groups (broad SMARTS) is 1. The molecule has 0 saturated heterocycles. The van der Waals surface area contributed by atoms with Crippen LogP contribution in [0.15, 0.2) is 0 Å². The van der Waals surface area contributed by atoms with E-state index in [1.165, 1.54) is 32.1 Å². The number of carboxylic acids is 1. The Morgan fingerprint density at radius 3 is 1.47 bits per heavy atom. The molecule has 0 rings (SSSR count). The van der Waals surface area contributed by atoms with Crippen molar-refractivity contribution in [2.45, 2.75) is 219 Å². The lowest BCUT2D eigenvalue weighted by Gasteiger charge is -2.18. The van der Waals surface area contributed by atoms with Gasteiger partial charge in [-0.1, -0.05) is 117 Å². The van der Waals surface area contributed by atoms with E-state index in [0.29, 0.717) is 70.5 Å². The molecule has 0 amide bonds. The van der Waals surface area contributed by atoms with Crippen LogP contribution in [-0.4, -0.2) is 86.4 Å². The Kier molecular flexibility index (Phi) is 38.2. The van der Waals surface area contributed by atoms with Crippen LogP contribution in [0, 0.1) is 5.92 Å². The minimum Gasteiger partial charge on any atom is -0.481 e. The van der Waals surface area contributed by atoms with Crippen LogP contribution in [-0.2, 0) is 42.9 Å². The van der Waals surface area contributed by atoms with Crippen LogP contribution < -0.4 is 0 Å². The summed E-state index contributed by atoms with van der Waals surface area (Å²) in [6, 6.07) is 0. The Bertz CT molecular complexity index is 1000. The standard InChI is InChI=1S/C46H85NO10/c1-5-7-9-20-29-40(28-8-6-2)38-55-44(51)33-24-19-25-34-45(52)56-39-41(57-46(53)35-27-36-47(3)4)30-21-15-12-10-11-13-18-26-37-54-43(50)32-23-17-14-16-22-31-42(48)49/h40-41H,5-39H2,1-4H3,(H,48,49). The summed E-state index contributed by atoms with van der Waals surface area (Å²) in [5.41, 5.74) is 0. The van der Waals surface area contributed by atoms with Crippen molar-refractivity contribution < 1.29 is 48.0 Å². The molecular weight excluding hydrogens is 727 g/mol. The fourth-order valence-corrected chi connectivity index (χ4v) is 6.75. The molecule has 57 heavy (non-hydrogen) atoms. The second-order valence-electron chi connectivity index (χ2n) is 16.3. The summed E-state index contributed by atoms with van der Waals surface area (Å²) in [5, 5.41) is 8.66. The van der Waals surface area contributed by atoms with Gasteiger partial charge in [0.05, 0.1) is 13.2 Å². The van der Waals surface area contributed by atoms with Crippen LogP contribution in [0.2, 0.25) is 0 Å². The van der Waals surface area contributed by atoms with Gasteiger partial charge >= 0.3 is 29.8 Å². The molecule has 0 saturated carbocycles. The van der Waals surface area contributed by atoms with Gasteiger partial charge in [-0.05, 0) is 90.8 Å². The van der Waals surface area contributed by atoms with E-state index in [4.69, 9.17) is 24.1 Å². The minimum atomic E-state index is -0.756. The van der Waals surface area contributed by atoms with E-state index in [0.717, 1.165) is 109 Å². The zero-order chi connectivity index (χ0) is 42.2. The number of unbranched alkanes of at least 4 members (excludes halogenated alkanes) is 17. The third-order valence-corrected chi connectivity index (χ3v) is 10.3. The van der Waals surface area contributed by atoms with Crippen LogP contribution >= 0.6 is 0 Å². The number of nitrogens with zero attached hydrogens (tertiary/aromatic N) is 1. The number of carbonyl (C=O) groups excluding carboxylic acids is 4. The maximum Gasteiger partial charge on any atom is 0.306 e. The molecule has 1 N–H and O–H groups in total. The number of esters is 4. The number of rotatable bonds is 42.